The molecule has 8 nitrogen and oxygen atoms in total. The van der Waals surface area contributed by atoms with Crippen LogP contribution in [0.2, 0.25) is 0 Å². The second kappa shape index (κ2) is 15.4. The number of alkyl halides is 1. The van der Waals surface area contributed by atoms with E-state index in [-0.39, 0.29) is 6.10 Å². The number of aromatic nitrogens is 4. The molecule has 0 saturated carbocycles. The summed E-state index contributed by atoms with van der Waals surface area (Å²) in [6, 6.07) is 6.26. The maximum atomic E-state index is 9.75. The number of rotatable bonds is 6. The maximum Gasteiger partial charge on any atom is 0.141 e. The molecule has 41 heavy (non-hydrogen) atoms. The summed E-state index contributed by atoms with van der Waals surface area (Å²) in [6.45, 7) is 2.14. The lowest BCUT2D eigenvalue weighted by molar-refractivity contribution is 0.0110. The van der Waals surface area contributed by atoms with E-state index in [1.165, 1.54) is 33.3 Å². The van der Waals surface area contributed by atoms with E-state index in [2.05, 4.69) is 97.9 Å². The van der Waals surface area contributed by atoms with Crippen LogP contribution in [0, 0.1) is 0 Å². The molecular weight excluding hydrogens is 720 g/mol. The normalized spacial score (nSPS) is 17.9. The molecule has 0 aromatic carbocycles. The summed E-state index contributed by atoms with van der Waals surface area (Å²) in [6.07, 6.45) is 7.58. The van der Waals surface area contributed by atoms with Crippen LogP contribution in [0.3, 0.4) is 0 Å². The van der Waals surface area contributed by atoms with E-state index in [9.17, 15) is 5.11 Å². The first kappa shape index (κ1) is 32.6. The first-order valence-corrected chi connectivity index (χ1v) is 16.6. The van der Waals surface area contributed by atoms with Gasteiger partial charge in [-0.3, -0.25) is 0 Å². The molecule has 2 aliphatic rings. The van der Waals surface area contributed by atoms with Crippen LogP contribution in [0.5, 0.6) is 0 Å². The van der Waals surface area contributed by atoms with Crippen LogP contribution in [0.25, 0.3) is 22.1 Å². The highest BCUT2D eigenvalue weighted by atomic mass is 79.9. The number of aliphatic hydroxyl groups is 1. The van der Waals surface area contributed by atoms with Gasteiger partial charge in [0.15, 0.2) is 0 Å². The third-order valence-electron chi connectivity index (χ3n) is 7.68. The van der Waals surface area contributed by atoms with E-state index in [1.807, 2.05) is 12.3 Å². The minimum absolute atomic E-state index is 0.197. The SMILES string of the molecule is COCCBr.COCCOC1CCc2c(c3ccc(Br)nc3n2C)C1.Cn1c2c(c3cc(Br)cnc31)CC(O)CC2. The molecule has 2 unspecified atom stereocenters. The number of halogens is 3. The number of fused-ring (bicyclic) bond motifs is 6. The topological polar surface area (TPSA) is 83.6 Å². The second-order valence-corrected chi connectivity index (χ2v) is 12.8. The molecule has 0 bridgehead atoms. The van der Waals surface area contributed by atoms with Crippen molar-refractivity contribution in [1.29, 1.82) is 0 Å². The van der Waals surface area contributed by atoms with E-state index in [1.54, 1.807) is 14.2 Å². The molecule has 2 atom stereocenters. The monoisotopic (exact) mass is 756 g/mol. The smallest absolute Gasteiger partial charge is 0.141 e. The number of aliphatic hydroxyl groups excluding tert-OH is 1. The van der Waals surface area contributed by atoms with Crippen molar-refractivity contribution in [2.45, 2.75) is 50.7 Å². The van der Waals surface area contributed by atoms with Crippen molar-refractivity contribution < 1.29 is 19.3 Å². The minimum atomic E-state index is -0.197. The molecule has 1 N–H and O–H groups in total. The Kier molecular flexibility index (Phi) is 12.2. The van der Waals surface area contributed by atoms with Crippen LogP contribution >= 0.6 is 47.8 Å². The fraction of sp³-hybridized carbons (Fsp3) is 0.533. The van der Waals surface area contributed by atoms with Gasteiger partial charge in [-0.2, -0.15) is 0 Å². The molecular formula is C30H39Br3N4O4. The summed E-state index contributed by atoms with van der Waals surface area (Å²) in [5.41, 5.74) is 7.47. The predicted octanol–water partition coefficient (Wildman–Crippen LogP) is 6.07. The van der Waals surface area contributed by atoms with Crippen molar-refractivity contribution in [3.63, 3.8) is 0 Å². The molecule has 11 heteroatoms. The summed E-state index contributed by atoms with van der Waals surface area (Å²) in [5, 5.41) is 13.1. The lowest BCUT2D eigenvalue weighted by Gasteiger charge is -2.23. The summed E-state index contributed by atoms with van der Waals surface area (Å²) in [7, 11) is 7.55. The number of ether oxygens (including phenoxy) is 3. The van der Waals surface area contributed by atoms with Gasteiger partial charge < -0.3 is 28.5 Å². The lowest BCUT2D eigenvalue weighted by atomic mass is 9.93. The average molecular weight is 759 g/mol. The number of methoxy groups -OCH3 is 2. The van der Waals surface area contributed by atoms with Gasteiger partial charge in [0.25, 0.3) is 0 Å². The molecule has 0 fully saturated rings. The molecule has 0 spiro atoms. The van der Waals surface area contributed by atoms with E-state index < -0.39 is 0 Å². The third kappa shape index (κ3) is 7.79. The molecule has 0 radical (unpaired) electrons. The molecule has 0 aliphatic heterocycles. The Morgan fingerprint density at radius 3 is 2.27 bits per heavy atom. The van der Waals surface area contributed by atoms with Crippen LogP contribution < -0.4 is 0 Å². The number of hydrogen-bond donors (Lipinski definition) is 1. The predicted molar refractivity (Wildman–Crippen MR) is 174 cm³/mol. The van der Waals surface area contributed by atoms with Gasteiger partial charge in [0.05, 0.1) is 32.0 Å². The zero-order valence-corrected chi connectivity index (χ0v) is 28.9. The molecule has 224 valence electrons. The van der Waals surface area contributed by atoms with Crippen LogP contribution in [0.15, 0.2) is 33.5 Å². The quantitative estimate of drug-likeness (QED) is 0.146. The van der Waals surface area contributed by atoms with Gasteiger partial charge >= 0.3 is 0 Å². The van der Waals surface area contributed by atoms with Crippen molar-refractivity contribution in [2.75, 3.05) is 39.4 Å². The molecule has 0 amide bonds. The molecule has 2 aliphatic carbocycles. The van der Waals surface area contributed by atoms with Crippen molar-refractivity contribution in [1.82, 2.24) is 19.1 Å². The van der Waals surface area contributed by atoms with E-state index in [0.717, 1.165) is 70.8 Å². The van der Waals surface area contributed by atoms with Crippen LogP contribution in [0.4, 0.5) is 0 Å². The number of hydrogen-bond acceptors (Lipinski definition) is 6. The first-order chi connectivity index (χ1) is 19.8. The Bertz CT molecular complexity index is 1450. The zero-order chi connectivity index (χ0) is 29.5. The maximum absolute atomic E-state index is 9.75. The van der Waals surface area contributed by atoms with E-state index in [0.29, 0.717) is 19.3 Å². The Morgan fingerprint density at radius 2 is 1.59 bits per heavy atom. The Hall–Kier alpha value is -1.34. The minimum Gasteiger partial charge on any atom is -0.393 e. The lowest BCUT2D eigenvalue weighted by Crippen LogP contribution is -2.24. The summed E-state index contributed by atoms with van der Waals surface area (Å²) < 4.78 is 21.8. The highest BCUT2D eigenvalue weighted by molar-refractivity contribution is 9.10. The van der Waals surface area contributed by atoms with Crippen LogP contribution in [-0.2, 0) is 54.0 Å². The third-order valence-corrected chi connectivity index (χ3v) is 8.88. The van der Waals surface area contributed by atoms with Crippen LogP contribution in [0.1, 0.15) is 35.4 Å². The zero-order valence-electron chi connectivity index (χ0n) is 24.1. The van der Waals surface area contributed by atoms with E-state index >= 15 is 0 Å². The standard InChI is InChI=1S/C15H19BrN2O2.C12H13BrN2O.C3H7BrO/c1-18-13-5-3-10(20-8-7-19-2)9-12(13)11-4-6-14(16)17-15(11)18;1-15-11-3-2-8(16)5-9(11)10-4-7(13)6-14-12(10)15;1-5-3-2-4/h4,6,10H,3,5,7-9H2,1-2H3;4,6,8,16H,2-3,5H2,1H3;2-3H2,1H3. The Labute approximate surface area is 267 Å². The fourth-order valence-corrected chi connectivity index (χ4v) is 6.64. The van der Waals surface area contributed by atoms with Crippen molar-refractivity contribution in [2.24, 2.45) is 14.1 Å². The second-order valence-electron chi connectivity index (χ2n) is 10.3. The highest BCUT2D eigenvalue weighted by Crippen LogP contribution is 2.33. The fourth-order valence-electron chi connectivity index (χ4n) is 5.69. The number of nitrogens with zero attached hydrogens (tertiary/aromatic N) is 4. The largest absolute Gasteiger partial charge is 0.393 e. The van der Waals surface area contributed by atoms with Crippen molar-refractivity contribution in [3.8, 4) is 0 Å². The van der Waals surface area contributed by atoms with Gasteiger partial charge in [0.2, 0.25) is 0 Å². The first-order valence-electron chi connectivity index (χ1n) is 13.9. The Morgan fingerprint density at radius 1 is 0.902 bits per heavy atom. The average Bonchev–Trinajstić information content (AvgIpc) is 3.39. The molecule has 0 saturated heterocycles. The number of pyridine rings is 2. The van der Waals surface area contributed by atoms with E-state index in [4.69, 9.17) is 9.47 Å². The van der Waals surface area contributed by atoms with Crippen molar-refractivity contribution >= 4 is 69.9 Å². The summed E-state index contributed by atoms with van der Waals surface area (Å²) in [5.74, 6) is 0. The molecule has 4 aromatic heterocycles. The van der Waals surface area contributed by atoms with Gasteiger partial charge in [0.1, 0.15) is 15.9 Å². The highest BCUT2D eigenvalue weighted by Gasteiger charge is 2.26. The van der Waals surface area contributed by atoms with Gasteiger partial charge in [-0.15, -0.1) is 0 Å². The van der Waals surface area contributed by atoms with Crippen LogP contribution in [-0.4, -0.2) is 75.8 Å². The summed E-state index contributed by atoms with van der Waals surface area (Å²) in [4.78, 5) is 9.04. The van der Waals surface area contributed by atoms with Crippen molar-refractivity contribution in [3.05, 3.63) is 56.0 Å². The molecule has 6 rings (SSSR count). The molecule has 4 heterocycles. The Balaban J connectivity index is 0.000000165. The van der Waals surface area contributed by atoms with Gasteiger partial charge in [-0.25, -0.2) is 9.97 Å². The van der Waals surface area contributed by atoms with Gasteiger partial charge in [-0.05, 0) is 86.9 Å². The molecule has 4 aromatic rings. The summed E-state index contributed by atoms with van der Waals surface area (Å²) >= 11 is 10.1. The van der Waals surface area contributed by atoms with Gasteiger partial charge in [0, 0.05) is 79.3 Å². The number of aryl methyl sites for hydroxylation is 2. The van der Waals surface area contributed by atoms with Gasteiger partial charge in [-0.1, -0.05) is 15.9 Å².